The zero-order chi connectivity index (χ0) is 13.1. The van der Waals surface area contributed by atoms with Crippen LogP contribution in [-0.4, -0.2) is 21.4 Å². The summed E-state index contributed by atoms with van der Waals surface area (Å²) in [4.78, 5) is 11.7. The molecule has 0 heterocycles. The molecular weight excluding hydrogens is 228 g/mol. The topological polar surface area (TPSA) is 26.3 Å². The van der Waals surface area contributed by atoms with Crippen molar-refractivity contribution in [1.29, 1.82) is 0 Å². The Balaban J connectivity index is 3.01. The van der Waals surface area contributed by atoms with E-state index in [0.717, 1.165) is 25.5 Å². The molecule has 2 nitrogen and oxygen atoms in total. The fraction of sp³-hybridized carbons (Fsp3) is 0.786. The van der Waals surface area contributed by atoms with Gasteiger partial charge in [0, 0.05) is 0 Å². The molecule has 0 N–H and O–H groups in total. The molecule has 2 unspecified atom stereocenters. The minimum Gasteiger partial charge on any atom is -0.416 e. The van der Waals surface area contributed by atoms with Crippen molar-refractivity contribution in [2.24, 2.45) is 10.8 Å². The van der Waals surface area contributed by atoms with Gasteiger partial charge in [0.2, 0.25) is 0 Å². The van der Waals surface area contributed by atoms with E-state index in [9.17, 15) is 4.79 Å². The Bertz CT molecular complexity index is 291. The van der Waals surface area contributed by atoms with Crippen LogP contribution in [0, 0.1) is 10.8 Å². The smallest absolute Gasteiger partial charge is 0.171 e. The van der Waals surface area contributed by atoms with Crippen molar-refractivity contribution in [3.63, 3.8) is 0 Å². The molecule has 98 valence electrons. The summed E-state index contributed by atoms with van der Waals surface area (Å²) in [6.45, 7) is 10.9. The molecule has 0 saturated heterocycles. The Labute approximate surface area is 107 Å². The van der Waals surface area contributed by atoms with E-state index < -0.39 is 9.04 Å². The largest absolute Gasteiger partial charge is 0.416 e. The van der Waals surface area contributed by atoms with Crippen molar-refractivity contribution in [1.82, 2.24) is 0 Å². The highest BCUT2D eigenvalue weighted by Crippen LogP contribution is 2.43. The Hall–Kier alpha value is -0.413. The molecular formula is C14H26O2Si. The summed E-state index contributed by atoms with van der Waals surface area (Å²) in [5.41, 5.74) is -0.284. The minimum absolute atomic E-state index is 0.0172. The van der Waals surface area contributed by atoms with Crippen LogP contribution in [0.3, 0.4) is 0 Å². The van der Waals surface area contributed by atoms with Gasteiger partial charge >= 0.3 is 0 Å². The normalized spacial score (nSPS) is 27.2. The first-order valence-corrected chi connectivity index (χ1v) is 9.37. The van der Waals surface area contributed by atoms with E-state index in [2.05, 4.69) is 46.0 Å². The number of rotatable bonds is 4. The molecule has 0 aromatic heterocycles. The van der Waals surface area contributed by atoms with E-state index in [1.807, 2.05) is 0 Å². The summed E-state index contributed by atoms with van der Waals surface area (Å²) >= 11 is 0. The van der Waals surface area contributed by atoms with Gasteiger partial charge < -0.3 is 9.22 Å². The minimum atomic E-state index is -1.14. The Morgan fingerprint density at radius 1 is 1.35 bits per heavy atom. The molecule has 17 heavy (non-hydrogen) atoms. The molecule has 0 aliphatic heterocycles. The molecule has 0 spiro atoms. The van der Waals surface area contributed by atoms with Gasteiger partial charge in [-0.2, -0.15) is 0 Å². The molecule has 0 saturated carbocycles. The van der Waals surface area contributed by atoms with Crippen LogP contribution in [0.15, 0.2) is 12.2 Å². The summed E-state index contributed by atoms with van der Waals surface area (Å²) in [6, 6.07) is 0. The number of aldehydes is 1. The Morgan fingerprint density at radius 2 is 2.00 bits per heavy atom. The lowest BCUT2D eigenvalue weighted by molar-refractivity contribution is -0.127. The highest BCUT2D eigenvalue weighted by Gasteiger charge is 2.45. The van der Waals surface area contributed by atoms with E-state index >= 15 is 0 Å². The Kier molecular flexibility index (Phi) is 4.73. The lowest BCUT2D eigenvalue weighted by Crippen LogP contribution is -2.49. The second kappa shape index (κ2) is 5.49. The maximum Gasteiger partial charge on any atom is 0.171 e. The van der Waals surface area contributed by atoms with E-state index in [1.165, 1.54) is 0 Å². The summed E-state index contributed by atoms with van der Waals surface area (Å²) in [6.07, 6.45) is 8.27. The van der Waals surface area contributed by atoms with Crippen LogP contribution in [0.25, 0.3) is 0 Å². The van der Waals surface area contributed by atoms with Crippen molar-refractivity contribution in [2.45, 2.75) is 59.2 Å². The summed E-state index contributed by atoms with van der Waals surface area (Å²) in [5.74, 6) is 0. The third-order valence-corrected chi connectivity index (χ3v) is 4.21. The lowest BCUT2D eigenvalue weighted by Gasteiger charge is -2.45. The number of hydrogen-bond donors (Lipinski definition) is 0. The van der Waals surface area contributed by atoms with Crippen molar-refractivity contribution < 1.29 is 9.22 Å². The molecule has 1 aliphatic rings. The summed E-state index contributed by atoms with van der Waals surface area (Å²) < 4.78 is 6.22. The van der Waals surface area contributed by atoms with E-state index in [0.29, 0.717) is 0 Å². The van der Waals surface area contributed by atoms with Gasteiger partial charge in [-0.15, -0.1) is 0 Å². The molecule has 0 bridgehead atoms. The molecule has 2 atom stereocenters. The van der Waals surface area contributed by atoms with Crippen LogP contribution < -0.4 is 0 Å². The predicted octanol–water partition coefficient (Wildman–Crippen LogP) is 3.33. The van der Waals surface area contributed by atoms with E-state index in [-0.39, 0.29) is 16.9 Å². The van der Waals surface area contributed by atoms with Gasteiger partial charge in [0.05, 0.1) is 11.5 Å². The summed E-state index contributed by atoms with van der Waals surface area (Å²) in [7, 11) is -1.14. The van der Waals surface area contributed by atoms with Gasteiger partial charge in [0.25, 0.3) is 0 Å². The van der Waals surface area contributed by atoms with Gasteiger partial charge in [0.15, 0.2) is 9.04 Å². The molecule has 0 amide bonds. The van der Waals surface area contributed by atoms with Crippen LogP contribution in [0.2, 0.25) is 13.1 Å². The van der Waals surface area contributed by atoms with Gasteiger partial charge in [-0.3, -0.25) is 0 Å². The van der Waals surface area contributed by atoms with Crippen LogP contribution >= 0.6 is 0 Å². The predicted molar refractivity (Wildman–Crippen MR) is 74.7 cm³/mol. The quantitative estimate of drug-likeness (QED) is 0.437. The molecule has 1 rings (SSSR count). The zero-order valence-electron chi connectivity index (χ0n) is 11.8. The molecule has 0 aromatic carbocycles. The fourth-order valence-corrected chi connectivity index (χ4v) is 3.98. The zero-order valence-corrected chi connectivity index (χ0v) is 13.0. The van der Waals surface area contributed by atoms with Crippen LogP contribution in [0.1, 0.15) is 40.0 Å². The monoisotopic (exact) mass is 254 g/mol. The number of carbonyl (C=O) groups excluding carboxylic acids is 1. The van der Waals surface area contributed by atoms with Crippen LogP contribution in [-0.2, 0) is 9.22 Å². The molecule has 0 radical (unpaired) electrons. The molecule has 0 fully saturated rings. The molecule has 1 aliphatic carbocycles. The maximum absolute atomic E-state index is 11.7. The van der Waals surface area contributed by atoms with Gasteiger partial charge in [-0.1, -0.05) is 32.9 Å². The SMILES string of the molecule is C[SiH](C)OC(C(C)(C)C)C1(C=O)CC=CCC1. The van der Waals surface area contributed by atoms with Crippen molar-refractivity contribution >= 4 is 15.3 Å². The first kappa shape index (κ1) is 14.6. The highest BCUT2D eigenvalue weighted by atomic mass is 28.3. The maximum atomic E-state index is 11.7. The fourth-order valence-electron chi connectivity index (χ4n) is 2.76. The molecule has 3 heteroatoms. The van der Waals surface area contributed by atoms with Crippen molar-refractivity contribution in [3.8, 4) is 0 Å². The first-order chi connectivity index (χ1) is 7.82. The standard InChI is InChI=1S/C14H26O2Si/c1-13(2,3)12(16-17(4)5)14(11-15)9-7-6-8-10-14/h6-7,11-12,17H,8-10H2,1-5H3. The van der Waals surface area contributed by atoms with Crippen LogP contribution in [0.4, 0.5) is 0 Å². The average Bonchev–Trinajstić information content (AvgIpc) is 2.25. The number of carbonyl (C=O) groups is 1. The number of allylic oxidation sites excluding steroid dienone is 2. The third kappa shape index (κ3) is 3.52. The van der Waals surface area contributed by atoms with Gasteiger partial charge in [0.1, 0.15) is 6.29 Å². The van der Waals surface area contributed by atoms with Gasteiger partial charge in [-0.05, 0) is 37.8 Å². The lowest BCUT2D eigenvalue weighted by atomic mass is 9.66. The van der Waals surface area contributed by atoms with Crippen molar-refractivity contribution in [3.05, 3.63) is 12.2 Å². The third-order valence-electron chi connectivity index (χ3n) is 3.39. The van der Waals surface area contributed by atoms with E-state index in [4.69, 9.17) is 4.43 Å². The second-order valence-electron chi connectivity index (χ2n) is 6.50. The average molecular weight is 254 g/mol. The second-order valence-corrected chi connectivity index (χ2v) is 8.87. The highest BCUT2D eigenvalue weighted by molar-refractivity contribution is 6.48. The van der Waals surface area contributed by atoms with Gasteiger partial charge in [-0.25, -0.2) is 0 Å². The van der Waals surface area contributed by atoms with Crippen LogP contribution in [0.5, 0.6) is 0 Å². The molecule has 0 aromatic rings. The Morgan fingerprint density at radius 3 is 2.35 bits per heavy atom. The summed E-state index contributed by atoms with van der Waals surface area (Å²) in [5, 5.41) is 0. The number of hydrogen-bond acceptors (Lipinski definition) is 2. The van der Waals surface area contributed by atoms with Crippen molar-refractivity contribution in [2.75, 3.05) is 0 Å². The van der Waals surface area contributed by atoms with E-state index in [1.54, 1.807) is 0 Å². The first-order valence-electron chi connectivity index (χ1n) is 6.58.